The Bertz CT molecular complexity index is 333. The molecular weight excluding hydrogens is 160 g/mol. The van der Waals surface area contributed by atoms with Crippen molar-refractivity contribution < 1.29 is 4.74 Å². The van der Waals surface area contributed by atoms with E-state index < -0.39 is 0 Å². The van der Waals surface area contributed by atoms with E-state index in [1.54, 1.807) is 0 Å². The summed E-state index contributed by atoms with van der Waals surface area (Å²) in [6, 6.07) is 4.63. The van der Waals surface area contributed by atoms with Crippen LogP contribution >= 0.6 is 0 Å². The standard InChI is InChI=1S/C12H14O/c1-7-5-9-10(6-8(7)2)12-4-3-11(9)13-12/h5-6,11-12H,3-4H2,1-2H3. The van der Waals surface area contributed by atoms with E-state index >= 15 is 0 Å². The van der Waals surface area contributed by atoms with Crippen LogP contribution in [-0.4, -0.2) is 0 Å². The van der Waals surface area contributed by atoms with Gasteiger partial charge in [0.2, 0.25) is 0 Å². The third kappa shape index (κ3) is 0.910. The topological polar surface area (TPSA) is 9.23 Å². The van der Waals surface area contributed by atoms with Gasteiger partial charge < -0.3 is 4.74 Å². The molecule has 0 aliphatic carbocycles. The maximum absolute atomic E-state index is 5.85. The fourth-order valence-electron chi connectivity index (χ4n) is 2.51. The van der Waals surface area contributed by atoms with Crippen LogP contribution in [-0.2, 0) is 4.74 Å². The molecule has 2 heterocycles. The summed E-state index contributed by atoms with van der Waals surface area (Å²) in [4.78, 5) is 0. The first-order chi connectivity index (χ1) is 6.25. The van der Waals surface area contributed by atoms with Crippen LogP contribution in [0, 0.1) is 13.8 Å². The van der Waals surface area contributed by atoms with Gasteiger partial charge in [0.15, 0.2) is 0 Å². The molecule has 1 aromatic rings. The first kappa shape index (κ1) is 7.57. The molecule has 0 N–H and O–H groups in total. The molecule has 2 aliphatic heterocycles. The number of ether oxygens (including phenoxy) is 1. The zero-order chi connectivity index (χ0) is 9.00. The van der Waals surface area contributed by atoms with Gasteiger partial charge in [-0.15, -0.1) is 0 Å². The molecule has 0 amide bonds. The monoisotopic (exact) mass is 174 g/mol. The minimum Gasteiger partial charge on any atom is -0.366 e. The highest BCUT2D eigenvalue weighted by atomic mass is 16.5. The Kier molecular flexibility index (Phi) is 1.37. The number of hydrogen-bond acceptors (Lipinski definition) is 1. The molecule has 2 aliphatic rings. The third-order valence-corrected chi connectivity index (χ3v) is 3.41. The van der Waals surface area contributed by atoms with E-state index in [0.29, 0.717) is 12.2 Å². The number of benzene rings is 1. The molecule has 68 valence electrons. The van der Waals surface area contributed by atoms with Crippen LogP contribution in [0.25, 0.3) is 0 Å². The van der Waals surface area contributed by atoms with Crippen LogP contribution in [0.3, 0.4) is 0 Å². The van der Waals surface area contributed by atoms with Gasteiger partial charge in [-0.25, -0.2) is 0 Å². The zero-order valence-electron chi connectivity index (χ0n) is 8.13. The van der Waals surface area contributed by atoms with Crippen molar-refractivity contribution in [2.24, 2.45) is 0 Å². The van der Waals surface area contributed by atoms with Gasteiger partial charge in [0, 0.05) is 0 Å². The third-order valence-electron chi connectivity index (χ3n) is 3.41. The van der Waals surface area contributed by atoms with Crippen molar-refractivity contribution in [1.82, 2.24) is 0 Å². The lowest BCUT2D eigenvalue weighted by atomic mass is 9.89. The average Bonchev–Trinajstić information content (AvgIpc) is 2.67. The summed E-state index contributed by atoms with van der Waals surface area (Å²) in [5.41, 5.74) is 5.71. The number of hydrogen-bond donors (Lipinski definition) is 0. The summed E-state index contributed by atoms with van der Waals surface area (Å²) >= 11 is 0. The minimum absolute atomic E-state index is 0.416. The van der Waals surface area contributed by atoms with Crippen LogP contribution in [0.4, 0.5) is 0 Å². The fourth-order valence-corrected chi connectivity index (χ4v) is 2.51. The van der Waals surface area contributed by atoms with Crippen molar-refractivity contribution in [2.45, 2.75) is 38.9 Å². The Morgan fingerprint density at radius 1 is 1.00 bits per heavy atom. The molecule has 1 saturated heterocycles. The molecule has 3 rings (SSSR count). The molecule has 0 radical (unpaired) electrons. The SMILES string of the molecule is Cc1cc2c(cc1C)C1CCC2O1. The Morgan fingerprint density at radius 2 is 1.46 bits per heavy atom. The lowest BCUT2D eigenvalue weighted by Gasteiger charge is -2.13. The maximum atomic E-state index is 5.85. The van der Waals surface area contributed by atoms with E-state index in [2.05, 4.69) is 26.0 Å². The van der Waals surface area contributed by atoms with Gasteiger partial charge in [-0.2, -0.15) is 0 Å². The molecule has 1 fully saturated rings. The van der Waals surface area contributed by atoms with Gasteiger partial charge in [0.05, 0.1) is 12.2 Å². The molecule has 0 spiro atoms. The molecule has 2 unspecified atom stereocenters. The normalized spacial score (nSPS) is 29.4. The van der Waals surface area contributed by atoms with Gasteiger partial charge in [-0.05, 0) is 48.9 Å². The molecule has 2 bridgehead atoms. The van der Waals surface area contributed by atoms with Gasteiger partial charge in [-0.3, -0.25) is 0 Å². The summed E-state index contributed by atoms with van der Waals surface area (Å²) in [5.74, 6) is 0. The Morgan fingerprint density at radius 3 is 1.92 bits per heavy atom. The van der Waals surface area contributed by atoms with Crippen LogP contribution in [0.2, 0.25) is 0 Å². The molecule has 1 nitrogen and oxygen atoms in total. The molecule has 0 aromatic heterocycles. The van der Waals surface area contributed by atoms with Gasteiger partial charge in [0.25, 0.3) is 0 Å². The van der Waals surface area contributed by atoms with Crippen molar-refractivity contribution in [3.63, 3.8) is 0 Å². The summed E-state index contributed by atoms with van der Waals surface area (Å²) in [7, 11) is 0. The summed E-state index contributed by atoms with van der Waals surface area (Å²) in [6.45, 7) is 4.36. The highest BCUT2D eigenvalue weighted by Crippen LogP contribution is 2.50. The van der Waals surface area contributed by atoms with E-state index in [0.717, 1.165) is 0 Å². The van der Waals surface area contributed by atoms with E-state index in [-0.39, 0.29) is 0 Å². The van der Waals surface area contributed by atoms with E-state index in [4.69, 9.17) is 4.74 Å². The number of fused-ring (bicyclic) bond motifs is 5. The Hall–Kier alpha value is -0.820. The lowest BCUT2D eigenvalue weighted by molar-refractivity contribution is 0.0716. The number of rotatable bonds is 0. The Labute approximate surface area is 78.7 Å². The fraction of sp³-hybridized carbons (Fsp3) is 0.500. The van der Waals surface area contributed by atoms with E-state index in [1.165, 1.54) is 35.1 Å². The molecule has 2 atom stereocenters. The van der Waals surface area contributed by atoms with Gasteiger partial charge in [0.1, 0.15) is 0 Å². The highest BCUT2D eigenvalue weighted by Gasteiger charge is 2.37. The van der Waals surface area contributed by atoms with E-state index in [9.17, 15) is 0 Å². The lowest BCUT2D eigenvalue weighted by Crippen LogP contribution is -1.99. The van der Waals surface area contributed by atoms with Gasteiger partial charge in [-0.1, -0.05) is 12.1 Å². The average molecular weight is 174 g/mol. The molecule has 0 saturated carbocycles. The second-order valence-electron chi connectivity index (χ2n) is 4.26. The Balaban J connectivity index is 2.22. The van der Waals surface area contributed by atoms with Crippen molar-refractivity contribution >= 4 is 0 Å². The molecule has 1 aromatic carbocycles. The predicted octanol–water partition coefficient (Wildman–Crippen LogP) is 3.21. The molecule has 1 heteroatoms. The van der Waals surface area contributed by atoms with Crippen LogP contribution in [0.5, 0.6) is 0 Å². The van der Waals surface area contributed by atoms with Crippen molar-refractivity contribution in [2.75, 3.05) is 0 Å². The van der Waals surface area contributed by atoms with Crippen molar-refractivity contribution in [3.05, 3.63) is 34.4 Å². The minimum atomic E-state index is 0.416. The quantitative estimate of drug-likeness (QED) is 0.587. The summed E-state index contributed by atoms with van der Waals surface area (Å²) in [5, 5.41) is 0. The molecule has 13 heavy (non-hydrogen) atoms. The second kappa shape index (κ2) is 2.36. The number of aryl methyl sites for hydroxylation is 2. The smallest absolute Gasteiger partial charge is 0.0838 e. The summed E-state index contributed by atoms with van der Waals surface area (Å²) < 4.78 is 5.85. The van der Waals surface area contributed by atoms with E-state index in [1.807, 2.05) is 0 Å². The molecular formula is C12H14O. The predicted molar refractivity (Wildman–Crippen MR) is 51.7 cm³/mol. The van der Waals surface area contributed by atoms with Gasteiger partial charge >= 0.3 is 0 Å². The second-order valence-corrected chi connectivity index (χ2v) is 4.26. The largest absolute Gasteiger partial charge is 0.366 e. The van der Waals surface area contributed by atoms with Crippen LogP contribution in [0.15, 0.2) is 12.1 Å². The first-order valence-corrected chi connectivity index (χ1v) is 5.02. The highest BCUT2D eigenvalue weighted by molar-refractivity contribution is 5.43. The van der Waals surface area contributed by atoms with Crippen molar-refractivity contribution in [1.29, 1.82) is 0 Å². The first-order valence-electron chi connectivity index (χ1n) is 5.02. The van der Waals surface area contributed by atoms with Crippen LogP contribution < -0.4 is 0 Å². The zero-order valence-corrected chi connectivity index (χ0v) is 8.13. The van der Waals surface area contributed by atoms with Crippen LogP contribution in [0.1, 0.15) is 47.3 Å². The summed E-state index contributed by atoms with van der Waals surface area (Å²) in [6.07, 6.45) is 3.28. The maximum Gasteiger partial charge on any atom is 0.0838 e. The van der Waals surface area contributed by atoms with Crippen molar-refractivity contribution in [3.8, 4) is 0 Å².